The quantitative estimate of drug-likeness (QED) is 0.916. The number of nitrogens with zero attached hydrogens (tertiary/aromatic N) is 2. The van der Waals surface area contributed by atoms with Crippen molar-refractivity contribution in [3.05, 3.63) is 46.5 Å². The van der Waals surface area contributed by atoms with Gasteiger partial charge in [-0.25, -0.2) is 0 Å². The van der Waals surface area contributed by atoms with Crippen LogP contribution < -0.4 is 15.9 Å². The van der Waals surface area contributed by atoms with Crippen LogP contribution in [0.2, 0.25) is 0 Å². The number of nitrogens with one attached hydrogen (secondary N) is 1. The summed E-state index contributed by atoms with van der Waals surface area (Å²) in [7, 11) is 0. The molecule has 1 aromatic carbocycles. The molecule has 26 heavy (non-hydrogen) atoms. The third-order valence-electron chi connectivity index (χ3n) is 5.89. The highest BCUT2D eigenvalue weighted by molar-refractivity contribution is 6.13. The van der Waals surface area contributed by atoms with Gasteiger partial charge in [0.25, 0.3) is 0 Å². The second-order valence-electron chi connectivity index (χ2n) is 7.65. The van der Waals surface area contributed by atoms with Crippen molar-refractivity contribution in [2.45, 2.75) is 38.8 Å². The van der Waals surface area contributed by atoms with E-state index >= 15 is 0 Å². The van der Waals surface area contributed by atoms with E-state index in [2.05, 4.69) is 51.2 Å². The molecule has 1 aliphatic carbocycles. The number of carbonyl (C=O) groups is 1. The van der Waals surface area contributed by atoms with Crippen molar-refractivity contribution < 1.29 is 4.79 Å². The van der Waals surface area contributed by atoms with Crippen LogP contribution in [0, 0.1) is 0 Å². The summed E-state index contributed by atoms with van der Waals surface area (Å²) >= 11 is 0. The highest BCUT2D eigenvalue weighted by atomic mass is 16.1. The smallest absolute Gasteiger partial charge is 0.249 e. The lowest BCUT2D eigenvalue weighted by Gasteiger charge is -2.16. The lowest BCUT2D eigenvalue weighted by molar-refractivity contribution is -0.115. The molecule has 0 saturated carbocycles. The summed E-state index contributed by atoms with van der Waals surface area (Å²) < 4.78 is 2.35. The van der Waals surface area contributed by atoms with Crippen molar-refractivity contribution in [3.8, 4) is 11.3 Å². The van der Waals surface area contributed by atoms with Crippen LogP contribution in [-0.4, -0.2) is 35.0 Å². The number of rotatable bonds is 3. The molecule has 0 spiro atoms. The Bertz CT molecular complexity index is 979. The number of likely N-dealkylation sites (tertiary alicyclic amines) is 1. The molecule has 1 aromatic heterocycles. The summed E-state index contributed by atoms with van der Waals surface area (Å²) in [4.78, 5) is 14.9. The summed E-state index contributed by atoms with van der Waals surface area (Å²) in [5.74, 6) is 0.116. The molecule has 134 valence electrons. The van der Waals surface area contributed by atoms with E-state index in [9.17, 15) is 4.79 Å². The number of carbonyl (C=O) groups excluding carboxylic acids is 1. The Balaban J connectivity index is 1.60. The lowest BCUT2D eigenvalue weighted by atomic mass is 10.0. The van der Waals surface area contributed by atoms with E-state index in [1.54, 1.807) is 0 Å². The second-order valence-corrected chi connectivity index (χ2v) is 7.65. The molecule has 0 atom stereocenters. The molecule has 4 heteroatoms. The molecule has 2 aliphatic heterocycles. The molecule has 5 rings (SSSR count). The van der Waals surface area contributed by atoms with E-state index < -0.39 is 0 Å². The maximum absolute atomic E-state index is 12.4. The monoisotopic (exact) mass is 347 g/mol. The average Bonchev–Trinajstić information content (AvgIpc) is 3.25. The lowest BCUT2D eigenvalue weighted by Crippen LogP contribution is -2.35. The van der Waals surface area contributed by atoms with Gasteiger partial charge in [0.2, 0.25) is 5.91 Å². The first kappa shape index (κ1) is 15.9. The maximum Gasteiger partial charge on any atom is 0.249 e. The van der Waals surface area contributed by atoms with Crippen LogP contribution in [0.15, 0.2) is 30.3 Å². The van der Waals surface area contributed by atoms with Gasteiger partial charge in [-0.05, 0) is 67.3 Å². The van der Waals surface area contributed by atoms with Crippen molar-refractivity contribution >= 4 is 17.6 Å². The molecule has 1 fully saturated rings. The Labute approximate surface area is 153 Å². The van der Waals surface area contributed by atoms with Crippen LogP contribution in [0.3, 0.4) is 0 Å². The summed E-state index contributed by atoms with van der Waals surface area (Å²) in [6.45, 7) is 5.01. The summed E-state index contributed by atoms with van der Waals surface area (Å²) in [5.41, 5.74) is 4.84. The predicted molar refractivity (Wildman–Crippen MR) is 104 cm³/mol. The first-order chi connectivity index (χ1) is 12.8. The van der Waals surface area contributed by atoms with Gasteiger partial charge in [-0.1, -0.05) is 24.3 Å². The molecule has 0 radical (unpaired) electrons. The Kier molecular flexibility index (Phi) is 3.93. The summed E-state index contributed by atoms with van der Waals surface area (Å²) in [6, 6.07) is 11.2. The first-order valence-electron chi connectivity index (χ1n) is 9.82. The Hall–Kier alpha value is -2.33. The fourth-order valence-electron chi connectivity index (χ4n) is 4.66. The highest BCUT2D eigenvalue weighted by Gasteiger charge is 2.21. The largest absolute Gasteiger partial charge is 0.350 e. The van der Waals surface area contributed by atoms with Crippen molar-refractivity contribution in [2.24, 2.45) is 0 Å². The van der Waals surface area contributed by atoms with Gasteiger partial charge in [-0.3, -0.25) is 9.69 Å². The van der Waals surface area contributed by atoms with Crippen molar-refractivity contribution in [1.82, 2.24) is 14.8 Å². The van der Waals surface area contributed by atoms with Crippen LogP contribution in [0.1, 0.15) is 31.2 Å². The van der Waals surface area contributed by atoms with E-state index in [0.717, 1.165) is 36.9 Å². The first-order valence-corrected chi connectivity index (χ1v) is 9.82. The van der Waals surface area contributed by atoms with Crippen LogP contribution in [0.4, 0.5) is 0 Å². The summed E-state index contributed by atoms with van der Waals surface area (Å²) in [6.07, 6.45) is 6.73. The third kappa shape index (κ3) is 2.69. The van der Waals surface area contributed by atoms with Crippen LogP contribution in [0.5, 0.6) is 0 Å². The van der Waals surface area contributed by atoms with Gasteiger partial charge in [-0.2, -0.15) is 0 Å². The van der Waals surface area contributed by atoms with Gasteiger partial charge < -0.3 is 9.88 Å². The van der Waals surface area contributed by atoms with Crippen molar-refractivity contribution in [1.29, 1.82) is 0 Å². The molecule has 2 aromatic rings. The van der Waals surface area contributed by atoms with Gasteiger partial charge >= 0.3 is 0 Å². The molecule has 3 heterocycles. The third-order valence-corrected chi connectivity index (χ3v) is 5.89. The molecule has 1 N–H and O–H groups in total. The van der Waals surface area contributed by atoms with Crippen LogP contribution >= 0.6 is 0 Å². The van der Waals surface area contributed by atoms with Gasteiger partial charge in [-0.15, -0.1) is 0 Å². The minimum atomic E-state index is 0.116. The fourth-order valence-corrected chi connectivity index (χ4v) is 4.66. The van der Waals surface area contributed by atoms with Gasteiger partial charge in [0, 0.05) is 30.9 Å². The Morgan fingerprint density at radius 2 is 1.96 bits per heavy atom. The van der Waals surface area contributed by atoms with Gasteiger partial charge in [0.1, 0.15) is 0 Å². The predicted octanol–water partition coefficient (Wildman–Crippen LogP) is 1.61. The van der Waals surface area contributed by atoms with E-state index in [0.29, 0.717) is 6.54 Å². The minimum absolute atomic E-state index is 0.116. The average molecular weight is 347 g/mol. The zero-order valence-electron chi connectivity index (χ0n) is 15.1. The standard InChI is InChI=1S/C22H25N3O/c26-22-19-8-4-7-18-14-20(25(21(18)19)12-9-23-22)17-6-3-5-16(13-17)15-24-10-1-2-11-24/h3,5-7,13-14H,1-2,4,8-12,15H2,(H,23,26). The molecule has 1 saturated heterocycles. The molecule has 3 aliphatic rings. The molecule has 1 amide bonds. The Morgan fingerprint density at radius 1 is 1.08 bits per heavy atom. The molecule has 4 nitrogen and oxygen atoms in total. The second kappa shape index (κ2) is 6.44. The van der Waals surface area contributed by atoms with E-state index in [1.165, 1.54) is 48.0 Å². The number of aromatic nitrogens is 1. The van der Waals surface area contributed by atoms with E-state index in [-0.39, 0.29) is 5.91 Å². The molecule has 0 bridgehead atoms. The molecular weight excluding hydrogens is 322 g/mol. The molecular formula is C22H25N3O. The topological polar surface area (TPSA) is 37.3 Å². The summed E-state index contributed by atoms with van der Waals surface area (Å²) in [5, 5.41) is 5.43. The molecule has 0 unspecified atom stereocenters. The minimum Gasteiger partial charge on any atom is -0.350 e. The van der Waals surface area contributed by atoms with Crippen molar-refractivity contribution in [2.75, 3.05) is 19.6 Å². The number of hydrogen-bond donors (Lipinski definition) is 1. The zero-order chi connectivity index (χ0) is 17.5. The Morgan fingerprint density at radius 3 is 2.85 bits per heavy atom. The van der Waals surface area contributed by atoms with Crippen LogP contribution in [-0.2, 0) is 17.9 Å². The SMILES string of the molecule is O=C1NCCn2c(-c3cccc(CN4CCCC4)c3)cc3c2=C1CCC=3. The normalized spacial score (nSPS) is 19.7. The van der Waals surface area contributed by atoms with E-state index in [4.69, 9.17) is 0 Å². The number of hydrogen-bond acceptors (Lipinski definition) is 2. The highest BCUT2D eigenvalue weighted by Crippen LogP contribution is 2.22. The number of amides is 1. The fraction of sp³-hybridized carbons (Fsp3) is 0.409. The number of benzene rings is 1. The maximum atomic E-state index is 12.4. The van der Waals surface area contributed by atoms with E-state index in [1.807, 2.05) is 0 Å². The zero-order valence-corrected chi connectivity index (χ0v) is 15.1. The van der Waals surface area contributed by atoms with Gasteiger partial charge in [0.05, 0.1) is 5.35 Å². The van der Waals surface area contributed by atoms with Gasteiger partial charge in [0.15, 0.2) is 0 Å². The van der Waals surface area contributed by atoms with Crippen molar-refractivity contribution in [3.63, 3.8) is 0 Å². The van der Waals surface area contributed by atoms with Crippen LogP contribution in [0.25, 0.3) is 22.9 Å².